The van der Waals surface area contributed by atoms with Crippen molar-refractivity contribution in [1.82, 2.24) is 9.78 Å². The minimum absolute atomic E-state index is 0.0681. The average Bonchev–Trinajstić information content (AvgIpc) is 2.88. The molecule has 122 valence electrons. The van der Waals surface area contributed by atoms with Crippen LogP contribution in [0.4, 0.5) is 26.3 Å². The van der Waals surface area contributed by atoms with Crippen LogP contribution in [0.2, 0.25) is 0 Å². The lowest BCUT2D eigenvalue weighted by molar-refractivity contribution is -0.139. The number of aromatic nitrogens is 2. The van der Waals surface area contributed by atoms with E-state index in [-0.39, 0.29) is 5.69 Å². The van der Waals surface area contributed by atoms with Crippen molar-refractivity contribution in [2.24, 2.45) is 0 Å². The van der Waals surface area contributed by atoms with Crippen molar-refractivity contribution in [3.63, 3.8) is 0 Å². The number of alkyl halides is 6. The second-order valence-electron chi connectivity index (χ2n) is 4.26. The molecule has 0 bridgehead atoms. The van der Waals surface area contributed by atoms with Crippen molar-refractivity contribution in [3.05, 3.63) is 41.6 Å². The topological polar surface area (TPSA) is 50.8 Å². The molecule has 0 amide bonds. The molecule has 0 unspecified atom stereocenters. The molecule has 0 radical (unpaired) electrons. The minimum Gasteiger partial charge on any atom is -0.462 e. The van der Waals surface area contributed by atoms with E-state index in [4.69, 9.17) is 10.00 Å². The van der Waals surface area contributed by atoms with E-state index in [0.29, 0.717) is 23.0 Å². The first-order chi connectivity index (χ1) is 10.6. The summed E-state index contributed by atoms with van der Waals surface area (Å²) in [5.74, 6) is -0.765. The fourth-order valence-electron chi connectivity index (χ4n) is 1.75. The molecule has 0 saturated heterocycles. The van der Waals surface area contributed by atoms with Gasteiger partial charge in [0.15, 0.2) is 6.61 Å². The van der Waals surface area contributed by atoms with E-state index < -0.39 is 36.0 Å². The van der Waals surface area contributed by atoms with Gasteiger partial charge in [-0.15, -0.1) is 0 Å². The molecule has 1 aromatic carbocycles. The molecule has 1 aromatic heterocycles. The summed E-state index contributed by atoms with van der Waals surface area (Å²) in [6, 6.07) is 4.83. The van der Waals surface area contributed by atoms with Crippen molar-refractivity contribution < 1.29 is 31.1 Å². The monoisotopic (exact) mass is 335 g/mol. The third-order valence-corrected chi connectivity index (χ3v) is 2.74. The Kier molecular flexibility index (Phi) is 4.22. The van der Waals surface area contributed by atoms with Gasteiger partial charge in [0.05, 0.1) is 17.4 Å². The van der Waals surface area contributed by atoms with Gasteiger partial charge < -0.3 is 4.74 Å². The van der Waals surface area contributed by atoms with Crippen LogP contribution in [0, 0.1) is 11.3 Å². The van der Waals surface area contributed by atoms with Crippen LogP contribution in [0.5, 0.6) is 5.88 Å². The molecule has 0 N–H and O–H groups in total. The Balaban J connectivity index is 2.47. The first kappa shape index (κ1) is 16.7. The Bertz CT molecular complexity index is 724. The average molecular weight is 335 g/mol. The molecule has 10 heteroatoms. The molecule has 0 aliphatic rings. The van der Waals surface area contributed by atoms with E-state index in [1.54, 1.807) is 0 Å². The standard InChI is InChI=1S/C13H7F6N3O/c14-12(15,16)8-1-3-9(4-2-8)22-11(23-6-5-20)10(7-21-22)13(17,18)19/h1-4,7H,6H2. The summed E-state index contributed by atoms with van der Waals surface area (Å²) in [7, 11) is 0. The SMILES string of the molecule is N#CCOc1c(C(F)(F)F)cnn1-c1ccc(C(F)(F)F)cc1. The lowest BCUT2D eigenvalue weighted by atomic mass is 10.2. The summed E-state index contributed by atoms with van der Waals surface area (Å²) in [5, 5.41) is 11.9. The molecule has 2 rings (SSSR count). The number of rotatable bonds is 3. The van der Waals surface area contributed by atoms with E-state index >= 15 is 0 Å². The molecule has 0 saturated carbocycles. The van der Waals surface area contributed by atoms with E-state index in [1.165, 1.54) is 6.07 Å². The molecule has 1 heterocycles. The van der Waals surface area contributed by atoms with Crippen LogP contribution < -0.4 is 4.74 Å². The van der Waals surface area contributed by atoms with Crippen molar-refractivity contribution >= 4 is 0 Å². The third kappa shape index (κ3) is 3.56. The van der Waals surface area contributed by atoms with Crippen LogP contribution in [0.15, 0.2) is 30.5 Å². The minimum atomic E-state index is -4.78. The van der Waals surface area contributed by atoms with Crippen molar-refractivity contribution in [3.8, 4) is 17.6 Å². The van der Waals surface area contributed by atoms with Crippen LogP contribution in [-0.2, 0) is 12.4 Å². The maximum atomic E-state index is 12.9. The number of nitrogens with zero attached hydrogens (tertiary/aromatic N) is 3. The van der Waals surface area contributed by atoms with Crippen molar-refractivity contribution in [2.45, 2.75) is 12.4 Å². The molecule has 0 aliphatic carbocycles. The van der Waals surface area contributed by atoms with Crippen LogP contribution in [-0.4, -0.2) is 16.4 Å². The second-order valence-corrected chi connectivity index (χ2v) is 4.26. The highest BCUT2D eigenvalue weighted by Gasteiger charge is 2.38. The predicted molar refractivity (Wildman–Crippen MR) is 64.7 cm³/mol. The van der Waals surface area contributed by atoms with Gasteiger partial charge in [0.2, 0.25) is 5.88 Å². The Morgan fingerprint density at radius 2 is 1.65 bits per heavy atom. The highest BCUT2D eigenvalue weighted by Crippen LogP contribution is 2.37. The van der Waals surface area contributed by atoms with Gasteiger partial charge in [0.1, 0.15) is 11.6 Å². The first-order valence-electron chi connectivity index (χ1n) is 5.97. The van der Waals surface area contributed by atoms with Crippen molar-refractivity contribution in [2.75, 3.05) is 6.61 Å². The Labute approximate surface area is 125 Å². The highest BCUT2D eigenvalue weighted by molar-refractivity contribution is 5.41. The van der Waals surface area contributed by atoms with Gasteiger partial charge in [-0.3, -0.25) is 0 Å². The van der Waals surface area contributed by atoms with Gasteiger partial charge in [-0.05, 0) is 24.3 Å². The lowest BCUT2D eigenvalue weighted by Gasteiger charge is -2.12. The fraction of sp³-hybridized carbons (Fsp3) is 0.231. The quantitative estimate of drug-likeness (QED) is 0.802. The maximum absolute atomic E-state index is 12.9. The van der Waals surface area contributed by atoms with E-state index in [9.17, 15) is 26.3 Å². The molecule has 4 nitrogen and oxygen atoms in total. The zero-order valence-electron chi connectivity index (χ0n) is 11.1. The van der Waals surface area contributed by atoms with E-state index in [0.717, 1.165) is 12.1 Å². The van der Waals surface area contributed by atoms with Gasteiger partial charge in [-0.2, -0.15) is 36.7 Å². The number of hydrogen-bond acceptors (Lipinski definition) is 3. The van der Waals surface area contributed by atoms with Gasteiger partial charge >= 0.3 is 12.4 Å². The van der Waals surface area contributed by atoms with Crippen molar-refractivity contribution in [1.29, 1.82) is 5.26 Å². The second kappa shape index (κ2) is 5.83. The molecule has 0 spiro atoms. The number of hydrogen-bond donors (Lipinski definition) is 0. The summed E-state index contributed by atoms with van der Waals surface area (Å²) in [5.41, 5.74) is -2.25. The van der Waals surface area contributed by atoms with Crippen LogP contribution in [0.1, 0.15) is 11.1 Å². The highest BCUT2D eigenvalue weighted by atomic mass is 19.4. The molecule has 23 heavy (non-hydrogen) atoms. The number of benzene rings is 1. The summed E-state index contributed by atoms with van der Waals surface area (Å²) in [4.78, 5) is 0. The Morgan fingerprint density at radius 1 is 1.04 bits per heavy atom. The van der Waals surface area contributed by atoms with Gasteiger partial charge in [0.25, 0.3) is 0 Å². The molecule has 0 fully saturated rings. The number of ether oxygens (including phenoxy) is 1. The molecular formula is C13H7F6N3O. The van der Waals surface area contributed by atoms with E-state index in [1.807, 2.05) is 0 Å². The number of nitriles is 1. The molecule has 0 aliphatic heterocycles. The molecule has 2 aromatic rings. The van der Waals surface area contributed by atoms with Crippen LogP contribution in [0.25, 0.3) is 5.69 Å². The summed E-state index contributed by atoms with van der Waals surface area (Å²) in [6.07, 6.45) is -8.88. The molecular weight excluding hydrogens is 328 g/mol. The Morgan fingerprint density at radius 3 is 2.13 bits per heavy atom. The third-order valence-electron chi connectivity index (χ3n) is 2.74. The summed E-state index contributed by atoms with van der Waals surface area (Å²) < 4.78 is 81.5. The summed E-state index contributed by atoms with van der Waals surface area (Å²) in [6.45, 7) is -0.671. The van der Waals surface area contributed by atoms with Crippen LogP contribution >= 0.6 is 0 Å². The maximum Gasteiger partial charge on any atom is 0.423 e. The zero-order valence-corrected chi connectivity index (χ0v) is 11.1. The normalized spacial score (nSPS) is 12.0. The smallest absolute Gasteiger partial charge is 0.423 e. The Hall–Kier alpha value is -2.70. The number of halogens is 6. The summed E-state index contributed by atoms with van der Waals surface area (Å²) >= 11 is 0. The first-order valence-corrected chi connectivity index (χ1v) is 5.97. The lowest BCUT2D eigenvalue weighted by Crippen LogP contribution is -2.10. The van der Waals surface area contributed by atoms with Crippen LogP contribution in [0.3, 0.4) is 0 Å². The largest absolute Gasteiger partial charge is 0.462 e. The zero-order chi connectivity index (χ0) is 17.3. The van der Waals surface area contributed by atoms with Gasteiger partial charge in [-0.1, -0.05) is 0 Å². The molecule has 0 atom stereocenters. The van der Waals surface area contributed by atoms with Gasteiger partial charge in [-0.25, -0.2) is 4.68 Å². The van der Waals surface area contributed by atoms with E-state index in [2.05, 4.69) is 5.10 Å². The predicted octanol–water partition coefficient (Wildman–Crippen LogP) is 3.81. The fourth-order valence-corrected chi connectivity index (χ4v) is 1.75. The van der Waals surface area contributed by atoms with Gasteiger partial charge in [0, 0.05) is 0 Å².